The number of aliphatic hydroxyl groups excluding tert-OH is 1. The van der Waals surface area contributed by atoms with Crippen LogP contribution in [-0.4, -0.2) is 25.4 Å². The number of aliphatic hydroxyl groups is 1. The van der Waals surface area contributed by atoms with Crippen LogP contribution in [0.3, 0.4) is 0 Å². The molecular formula is C15H25NO2. The molecule has 0 bridgehead atoms. The van der Waals surface area contributed by atoms with Crippen molar-refractivity contribution in [2.45, 2.75) is 39.2 Å². The molecule has 0 aromatic heterocycles. The van der Waals surface area contributed by atoms with Gasteiger partial charge in [-0.3, -0.25) is 0 Å². The van der Waals surface area contributed by atoms with Crippen LogP contribution in [0, 0.1) is 0 Å². The standard InChI is InChI=1S/C15H25NO2/c1-15(2,3)13-6-7-14(18-4)12(10-13)11-16-8-5-9-17/h6-7,10,16-17H,5,8-9,11H2,1-4H3. The predicted octanol–water partition coefficient (Wildman–Crippen LogP) is 2.46. The largest absolute Gasteiger partial charge is 0.496 e. The molecule has 0 atom stereocenters. The Labute approximate surface area is 110 Å². The first-order valence-electron chi connectivity index (χ1n) is 6.48. The van der Waals surface area contributed by atoms with Gasteiger partial charge in [-0.15, -0.1) is 0 Å². The van der Waals surface area contributed by atoms with Gasteiger partial charge in [0.05, 0.1) is 7.11 Å². The average molecular weight is 251 g/mol. The summed E-state index contributed by atoms with van der Waals surface area (Å²) in [4.78, 5) is 0. The second kappa shape index (κ2) is 6.76. The molecule has 0 unspecified atom stereocenters. The molecule has 0 radical (unpaired) electrons. The SMILES string of the molecule is COc1ccc(C(C)(C)C)cc1CNCCCO. The van der Waals surface area contributed by atoms with Gasteiger partial charge in [-0.2, -0.15) is 0 Å². The Morgan fingerprint density at radius 3 is 2.56 bits per heavy atom. The molecule has 0 aliphatic heterocycles. The fourth-order valence-electron chi connectivity index (χ4n) is 1.81. The lowest BCUT2D eigenvalue weighted by molar-refractivity contribution is 0.286. The zero-order chi connectivity index (χ0) is 13.6. The third kappa shape index (κ3) is 4.31. The molecule has 102 valence electrons. The van der Waals surface area contributed by atoms with Gasteiger partial charge < -0.3 is 15.2 Å². The molecule has 18 heavy (non-hydrogen) atoms. The van der Waals surface area contributed by atoms with Gasteiger partial charge >= 0.3 is 0 Å². The summed E-state index contributed by atoms with van der Waals surface area (Å²) in [7, 11) is 1.70. The average Bonchev–Trinajstić information content (AvgIpc) is 2.33. The maximum absolute atomic E-state index is 8.75. The van der Waals surface area contributed by atoms with Crippen molar-refractivity contribution >= 4 is 0 Å². The van der Waals surface area contributed by atoms with E-state index >= 15 is 0 Å². The zero-order valence-corrected chi connectivity index (χ0v) is 11.9. The molecule has 0 fully saturated rings. The molecule has 0 amide bonds. The van der Waals surface area contributed by atoms with E-state index in [1.165, 1.54) is 11.1 Å². The fourth-order valence-corrected chi connectivity index (χ4v) is 1.81. The second-order valence-electron chi connectivity index (χ2n) is 5.53. The molecule has 0 saturated heterocycles. The summed E-state index contributed by atoms with van der Waals surface area (Å²) < 4.78 is 5.38. The van der Waals surface area contributed by atoms with Crippen molar-refractivity contribution < 1.29 is 9.84 Å². The summed E-state index contributed by atoms with van der Waals surface area (Å²) in [6.45, 7) is 8.44. The van der Waals surface area contributed by atoms with E-state index in [9.17, 15) is 0 Å². The fraction of sp³-hybridized carbons (Fsp3) is 0.600. The Balaban J connectivity index is 2.79. The van der Waals surface area contributed by atoms with Crippen LogP contribution in [0.1, 0.15) is 38.3 Å². The Bertz CT molecular complexity index is 369. The Kier molecular flexibility index (Phi) is 5.63. The van der Waals surface area contributed by atoms with Crippen LogP contribution in [0.4, 0.5) is 0 Å². The van der Waals surface area contributed by atoms with Crippen LogP contribution in [-0.2, 0) is 12.0 Å². The van der Waals surface area contributed by atoms with Crippen molar-refractivity contribution in [1.29, 1.82) is 0 Å². The first-order valence-corrected chi connectivity index (χ1v) is 6.48. The number of hydrogen-bond acceptors (Lipinski definition) is 3. The highest BCUT2D eigenvalue weighted by Gasteiger charge is 2.15. The number of rotatable bonds is 6. The molecule has 0 saturated carbocycles. The highest BCUT2D eigenvalue weighted by atomic mass is 16.5. The Morgan fingerprint density at radius 2 is 2.00 bits per heavy atom. The smallest absolute Gasteiger partial charge is 0.123 e. The molecule has 1 aromatic rings. The van der Waals surface area contributed by atoms with E-state index in [1.54, 1.807) is 7.11 Å². The topological polar surface area (TPSA) is 41.5 Å². The molecule has 0 heterocycles. The van der Waals surface area contributed by atoms with E-state index in [1.807, 2.05) is 6.07 Å². The van der Waals surface area contributed by atoms with Crippen molar-refractivity contribution in [2.75, 3.05) is 20.3 Å². The van der Waals surface area contributed by atoms with Gasteiger partial charge in [0.25, 0.3) is 0 Å². The maximum Gasteiger partial charge on any atom is 0.123 e. The summed E-state index contributed by atoms with van der Waals surface area (Å²) in [5.74, 6) is 0.916. The van der Waals surface area contributed by atoms with E-state index < -0.39 is 0 Å². The minimum atomic E-state index is 0.145. The van der Waals surface area contributed by atoms with Gasteiger partial charge in [0.2, 0.25) is 0 Å². The van der Waals surface area contributed by atoms with Gasteiger partial charge in [-0.25, -0.2) is 0 Å². The second-order valence-corrected chi connectivity index (χ2v) is 5.53. The molecule has 3 heteroatoms. The highest BCUT2D eigenvalue weighted by molar-refractivity contribution is 5.39. The summed E-state index contributed by atoms with van der Waals surface area (Å²) in [5.41, 5.74) is 2.62. The number of benzene rings is 1. The summed E-state index contributed by atoms with van der Waals surface area (Å²) in [6.07, 6.45) is 0.779. The molecule has 2 N–H and O–H groups in total. The molecule has 0 aliphatic rings. The molecule has 0 spiro atoms. The Morgan fingerprint density at radius 1 is 1.28 bits per heavy atom. The monoisotopic (exact) mass is 251 g/mol. The lowest BCUT2D eigenvalue weighted by Gasteiger charge is -2.21. The predicted molar refractivity (Wildman–Crippen MR) is 75.1 cm³/mol. The normalized spacial score (nSPS) is 11.6. The van der Waals surface area contributed by atoms with Crippen LogP contribution >= 0.6 is 0 Å². The first-order chi connectivity index (χ1) is 8.49. The van der Waals surface area contributed by atoms with Crippen molar-refractivity contribution in [2.24, 2.45) is 0 Å². The number of methoxy groups -OCH3 is 1. The number of hydrogen-bond donors (Lipinski definition) is 2. The maximum atomic E-state index is 8.75. The van der Waals surface area contributed by atoms with E-state index in [4.69, 9.17) is 9.84 Å². The van der Waals surface area contributed by atoms with E-state index in [0.717, 1.165) is 25.3 Å². The molecule has 3 nitrogen and oxygen atoms in total. The third-order valence-corrected chi connectivity index (χ3v) is 2.97. The van der Waals surface area contributed by atoms with Gasteiger partial charge in [0.1, 0.15) is 5.75 Å². The number of nitrogens with one attached hydrogen (secondary N) is 1. The van der Waals surface area contributed by atoms with Crippen LogP contribution in [0.15, 0.2) is 18.2 Å². The van der Waals surface area contributed by atoms with Crippen LogP contribution < -0.4 is 10.1 Å². The molecule has 1 aromatic carbocycles. The quantitative estimate of drug-likeness (QED) is 0.763. The molecule has 0 aliphatic carbocycles. The van der Waals surface area contributed by atoms with Crippen LogP contribution in [0.5, 0.6) is 5.75 Å². The number of ether oxygens (including phenoxy) is 1. The van der Waals surface area contributed by atoms with Crippen molar-refractivity contribution in [3.8, 4) is 5.75 Å². The summed E-state index contributed by atoms with van der Waals surface area (Å²) >= 11 is 0. The molecular weight excluding hydrogens is 226 g/mol. The summed E-state index contributed by atoms with van der Waals surface area (Å²) in [5, 5.41) is 12.1. The van der Waals surface area contributed by atoms with Gasteiger partial charge in [0, 0.05) is 18.7 Å². The van der Waals surface area contributed by atoms with Gasteiger partial charge in [-0.1, -0.05) is 32.9 Å². The van der Waals surface area contributed by atoms with Gasteiger partial charge in [-0.05, 0) is 30.0 Å². The van der Waals surface area contributed by atoms with E-state index in [0.29, 0.717) is 0 Å². The first kappa shape index (κ1) is 15.0. The summed E-state index contributed by atoms with van der Waals surface area (Å²) in [6, 6.07) is 6.35. The van der Waals surface area contributed by atoms with Crippen molar-refractivity contribution in [3.05, 3.63) is 29.3 Å². The van der Waals surface area contributed by atoms with Crippen molar-refractivity contribution in [1.82, 2.24) is 5.32 Å². The van der Waals surface area contributed by atoms with Crippen LogP contribution in [0.2, 0.25) is 0 Å². The zero-order valence-electron chi connectivity index (χ0n) is 11.9. The minimum Gasteiger partial charge on any atom is -0.496 e. The highest BCUT2D eigenvalue weighted by Crippen LogP contribution is 2.27. The van der Waals surface area contributed by atoms with E-state index in [-0.39, 0.29) is 12.0 Å². The van der Waals surface area contributed by atoms with Crippen LogP contribution in [0.25, 0.3) is 0 Å². The van der Waals surface area contributed by atoms with Gasteiger partial charge in [0.15, 0.2) is 0 Å². The molecule has 1 rings (SSSR count). The van der Waals surface area contributed by atoms with E-state index in [2.05, 4.69) is 38.2 Å². The Hall–Kier alpha value is -1.06. The van der Waals surface area contributed by atoms with Crippen molar-refractivity contribution in [3.63, 3.8) is 0 Å². The lowest BCUT2D eigenvalue weighted by Crippen LogP contribution is -2.17. The lowest BCUT2D eigenvalue weighted by atomic mass is 9.86. The minimum absolute atomic E-state index is 0.145. The third-order valence-electron chi connectivity index (χ3n) is 2.97.